The van der Waals surface area contributed by atoms with Gasteiger partial charge in [0.15, 0.2) is 0 Å². The van der Waals surface area contributed by atoms with Gasteiger partial charge in [-0.2, -0.15) is 0 Å². The molecule has 0 aromatic heterocycles. The zero-order valence-electron chi connectivity index (χ0n) is 8.43. The molecule has 1 radical (unpaired) electrons. The maximum Gasteiger partial charge on any atom is 0 e. The summed E-state index contributed by atoms with van der Waals surface area (Å²) in [6, 6.07) is 0. The maximum absolute atomic E-state index is 4.28. The summed E-state index contributed by atoms with van der Waals surface area (Å²) in [6.45, 7) is 10.5. The van der Waals surface area contributed by atoms with Crippen LogP contribution in [0.4, 0.5) is 0 Å². The third-order valence-electron chi connectivity index (χ3n) is 1.05. The molecule has 0 rings (SSSR count). The van der Waals surface area contributed by atoms with E-state index in [0.717, 1.165) is 13.1 Å². The fraction of sp³-hybridized carbons (Fsp3) is 1.00. The molecule has 0 fully saturated rings. The van der Waals surface area contributed by atoms with Crippen molar-refractivity contribution in [1.29, 1.82) is 0 Å². The molecule has 0 unspecified atom stereocenters. The Morgan fingerprint density at radius 1 is 0.909 bits per heavy atom. The van der Waals surface area contributed by atoms with E-state index in [1.54, 1.807) is 0 Å². The first-order valence-corrected chi connectivity index (χ1v) is 4.55. The number of hydrogen-bond donors (Lipinski definition) is 0. The van der Waals surface area contributed by atoms with Gasteiger partial charge in [-0.3, -0.25) is 0 Å². The summed E-state index contributed by atoms with van der Waals surface area (Å²) in [5.74, 6) is 0. The molecule has 0 atom stereocenters. The Morgan fingerprint density at radius 3 is 1.82 bits per heavy atom. The van der Waals surface area contributed by atoms with Gasteiger partial charge in [0.25, 0.3) is 0 Å². The average molecular weight is 195 g/mol. The summed E-state index contributed by atoms with van der Waals surface area (Å²) >= 11 is 0. The molecule has 0 aliphatic carbocycles. The Kier molecular flexibility index (Phi) is 35.8. The van der Waals surface area contributed by atoms with Crippen LogP contribution in [-0.2, 0) is 18.6 Å². The molecule has 0 amide bonds. The summed E-state index contributed by atoms with van der Waals surface area (Å²) in [5, 5.41) is 4.28. The van der Waals surface area contributed by atoms with Crippen LogP contribution in [0.2, 0.25) is 0 Å². The minimum Gasteiger partial charge on any atom is -0.662 e. The normalized spacial score (nSPS) is 7.64. The molecule has 0 heterocycles. The second-order valence-corrected chi connectivity index (χ2v) is 2.02. The van der Waals surface area contributed by atoms with Crippen molar-refractivity contribution in [2.75, 3.05) is 13.1 Å². The predicted octanol–water partition coefficient (Wildman–Crippen LogP) is 3.59. The van der Waals surface area contributed by atoms with Crippen LogP contribution in [0, 0.1) is 0 Å². The summed E-state index contributed by atoms with van der Waals surface area (Å²) in [7, 11) is 0. The fourth-order valence-corrected chi connectivity index (χ4v) is 0.540. The van der Waals surface area contributed by atoms with Crippen molar-refractivity contribution >= 4 is 0 Å². The zero-order chi connectivity index (χ0) is 8.24. The molecule has 69 valence electrons. The molecular weight excluding hydrogens is 173 g/mol. The van der Waals surface area contributed by atoms with E-state index < -0.39 is 0 Å². The van der Waals surface area contributed by atoms with E-state index in [1.807, 2.05) is 13.8 Å². The molecule has 1 nitrogen and oxygen atoms in total. The largest absolute Gasteiger partial charge is 0.662 e. The van der Waals surface area contributed by atoms with E-state index >= 15 is 0 Å². The smallest absolute Gasteiger partial charge is 0 e. The topological polar surface area (TPSA) is 14.1 Å². The standard InChI is InChI=1S/C7H16N.C2H6.V/c1-3-5-7-8-6-4-2;1-2;/h3-7H2,1-2H3;1-2H3;/q-1;;. The van der Waals surface area contributed by atoms with Crippen molar-refractivity contribution in [3.05, 3.63) is 5.32 Å². The van der Waals surface area contributed by atoms with Gasteiger partial charge >= 0.3 is 0 Å². The van der Waals surface area contributed by atoms with E-state index in [1.165, 1.54) is 19.3 Å². The molecule has 0 saturated heterocycles. The van der Waals surface area contributed by atoms with Gasteiger partial charge in [0.1, 0.15) is 0 Å². The second-order valence-electron chi connectivity index (χ2n) is 2.02. The van der Waals surface area contributed by atoms with Gasteiger partial charge in [-0.15, -0.1) is 13.1 Å². The van der Waals surface area contributed by atoms with E-state index in [2.05, 4.69) is 19.2 Å². The Balaban J connectivity index is -0.000000196. The predicted molar refractivity (Wildman–Crippen MR) is 49.6 cm³/mol. The Bertz CT molecular complexity index is 34.5. The van der Waals surface area contributed by atoms with Crippen LogP contribution in [-0.4, -0.2) is 13.1 Å². The Morgan fingerprint density at radius 2 is 1.45 bits per heavy atom. The van der Waals surface area contributed by atoms with Crippen molar-refractivity contribution in [2.24, 2.45) is 0 Å². The average Bonchev–Trinajstić information content (AvgIpc) is 2.02. The van der Waals surface area contributed by atoms with Crippen molar-refractivity contribution < 1.29 is 18.6 Å². The van der Waals surface area contributed by atoms with Gasteiger partial charge < -0.3 is 5.32 Å². The third kappa shape index (κ3) is 25.0. The quantitative estimate of drug-likeness (QED) is 0.595. The fourth-order valence-electron chi connectivity index (χ4n) is 0.540. The minimum absolute atomic E-state index is 0. The monoisotopic (exact) mass is 195 g/mol. The Labute approximate surface area is 84.2 Å². The number of rotatable bonds is 5. The molecule has 0 bridgehead atoms. The number of hydrogen-bond acceptors (Lipinski definition) is 0. The van der Waals surface area contributed by atoms with Gasteiger partial charge in [0, 0.05) is 18.6 Å². The van der Waals surface area contributed by atoms with Crippen LogP contribution >= 0.6 is 0 Å². The molecule has 0 saturated carbocycles. The van der Waals surface area contributed by atoms with E-state index in [9.17, 15) is 0 Å². The summed E-state index contributed by atoms with van der Waals surface area (Å²) < 4.78 is 0. The molecule has 0 aliphatic heterocycles. The molecule has 11 heavy (non-hydrogen) atoms. The molecule has 0 aliphatic rings. The first-order valence-electron chi connectivity index (χ1n) is 4.55. The third-order valence-corrected chi connectivity index (χ3v) is 1.05. The molecular formula is C9H22NV-. The van der Waals surface area contributed by atoms with Crippen molar-refractivity contribution in [1.82, 2.24) is 0 Å². The summed E-state index contributed by atoms with van der Waals surface area (Å²) in [6.07, 6.45) is 3.73. The van der Waals surface area contributed by atoms with E-state index in [4.69, 9.17) is 0 Å². The van der Waals surface area contributed by atoms with E-state index in [0.29, 0.717) is 0 Å². The number of nitrogens with zero attached hydrogens (tertiary/aromatic N) is 1. The van der Waals surface area contributed by atoms with Crippen molar-refractivity contribution in [2.45, 2.75) is 47.0 Å². The molecule has 0 aromatic rings. The zero-order valence-corrected chi connectivity index (χ0v) is 9.83. The molecule has 2 heteroatoms. The second kappa shape index (κ2) is 22.4. The molecule has 0 aromatic carbocycles. The molecule has 0 N–H and O–H groups in total. The van der Waals surface area contributed by atoms with Crippen LogP contribution in [0.15, 0.2) is 0 Å². The van der Waals surface area contributed by atoms with Gasteiger partial charge in [-0.1, -0.05) is 47.0 Å². The van der Waals surface area contributed by atoms with Crippen LogP contribution in [0.1, 0.15) is 47.0 Å². The van der Waals surface area contributed by atoms with Crippen molar-refractivity contribution in [3.8, 4) is 0 Å². The number of unbranched alkanes of at least 4 members (excludes halogenated alkanes) is 1. The van der Waals surface area contributed by atoms with E-state index in [-0.39, 0.29) is 18.6 Å². The van der Waals surface area contributed by atoms with Crippen LogP contribution in [0.5, 0.6) is 0 Å². The summed E-state index contributed by atoms with van der Waals surface area (Å²) in [4.78, 5) is 0. The Hall–Kier alpha value is 0.544. The van der Waals surface area contributed by atoms with Crippen LogP contribution in [0.25, 0.3) is 5.32 Å². The maximum atomic E-state index is 4.28. The van der Waals surface area contributed by atoms with Gasteiger partial charge in [-0.05, 0) is 0 Å². The van der Waals surface area contributed by atoms with Gasteiger partial charge in [0.05, 0.1) is 0 Å². The first kappa shape index (κ1) is 17.6. The molecule has 0 spiro atoms. The van der Waals surface area contributed by atoms with Gasteiger partial charge in [0.2, 0.25) is 0 Å². The van der Waals surface area contributed by atoms with Gasteiger partial charge in [-0.25, -0.2) is 0 Å². The summed E-state index contributed by atoms with van der Waals surface area (Å²) in [5.41, 5.74) is 0. The SMILES string of the molecule is CC.CCCC[N-]CCC.[V]. The van der Waals surface area contributed by atoms with Crippen LogP contribution in [0.3, 0.4) is 0 Å². The van der Waals surface area contributed by atoms with Crippen molar-refractivity contribution in [3.63, 3.8) is 0 Å². The first-order chi connectivity index (χ1) is 4.91. The van der Waals surface area contributed by atoms with Crippen LogP contribution < -0.4 is 0 Å². The minimum atomic E-state index is 0.